The standard InChI is InChI=1S/C21H37FOSi/c1-10-21(8,9)20(18-12-11-13-19(22)14-18)23-24(15(2)3,16(4)5)17(6)7/h11-17,20H,10H2,1-9H3. The summed E-state index contributed by atoms with van der Waals surface area (Å²) < 4.78 is 21.0. The molecule has 0 amide bonds. The molecule has 0 spiro atoms. The quantitative estimate of drug-likeness (QED) is 0.440. The van der Waals surface area contributed by atoms with E-state index in [9.17, 15) is 4.39 Å². The minimum absolute atomic E-state index is 0.0370. The molecule has 0 aliphatic heterocycles. The van der Waals surface area contributed by atoms with Gasteiger partial charge in [-0.25, -0.2) is 4.39 Å². The van der Waals surface area contributed by atoms with E-state index in [1.807, 2.05) is 6.07 Å². The Labute approximate surface area is 150 Å². The molecule has 0 aliphatic rings. The fourth-order valence-electron chi connectivity index (χ4n) is 4.15. The van der Waals surface area contributed by atoms with Crippen LogP contribution in [-0.4, -0.2) is 8.32 Å². The number of hydrogen-bond donors (Lipinski definition) is 0. The molecule has 0 fully saturated rings. The van der Waals surface area contributed by atoms with Crippen LogP contribution >= 0.6 is 0 Å². The Balaban J connectivity index is 3.44. The molecule has 138 valence electrons. The van der Waals surface area contributed by atoms with E-state index in [2.05, 4.69) is 62.3 Å². The van der Waals surface area contributed by atoms with Crippen molar-refractivity contribution < 1.29 is 8.82 Å². The lowest BCUT2D eigenvalue weighted by molar-refractivity contribution is 0.0524. The Bertz CT molecular complexity index is 501. The van der Waals surface area contributed by atoms with Gasteiger partial charge in [0.25, 0.3) is 0 Å². The third-order valence-electron chi connectivity index (χ3n) is 5.80. The molecular formula is C21H37FOSi. The molecular weight excluding hydrogens is 315 g/mol. The maximum absolute atomic E-state index is 13.9. The zero-order chi connectivity index (χ0) is 18.7. The first-order valence-electron chi connectivity index (χ1n) is 9.42. The highest BCUT2D eigenvalue weighted by atomic mass is 28.4. The van der Waals surface area contributed by atoms with Crippen molar-refractivity contribution >= 4 is 8.32 Å². The van der Waals surface area contributed by atoms with Crippen LogP contribution in [0.1, 0.15) is 80.4 Å². The molecule has 0 saturated heterocycles. The molecule has 0 radical (unpaired) electrons. The third-order valence-corrected chi connectivity index (χ3v) is 11.9. The molecule has 1 aromatic carbocycles. The van der Waals surface area contributed by atoms with Gasteiger partial charge in [-0.2, -0.15) is 0 Å². The van der Waals surface area contributed by atoms with Gasteiger partial charge in [-0.05, 0) is 46.2 Å². The Morgan fingerprint density at radius 1 is 1.00 bits per heavy atom. The lowest BCUT2D eigenvalue weighted by atomic mass is 9.80. The number of hydrogen-bond acceptors (Lipinski definition) is 1. The van der Waals surface area contributed by atoms with E-state index in [-0.39, 0.29) is 17.3 Å². The lowest BCUT2D eigenvalue weighted by Gasteiger charge is -2.48. The van der Waals surface area contributed by atoms with Crippen molar-refractivity contribution in [1.29, 1.82) is 0 Å². The van der Waals surface area contributed by atoms with E-state index in [0.717, 1.165) is 12.0 Å². The van der Waals surface area contributed by atoms with Crippen molar-refractivity contribution in [2.75, 3.05) is 0 Å². The van der Waals surface area contributed by atoms with Gasteiger partial charge in [0.05, 0.1) is 6.10 Å². The Hall–Kier alpha value is -0.673. The molecule has 0 aliphatic carbocycles. The number of halogens is 1. The van der Waals surface area contributed by atoms with Gasteiger partial charge in [-0.3, -0.25) is 0 Å². The number of benzene rings is 1. The van der Waals surface area contributed by atoms with Crippen LogP contribution in [0.25, 0.3) is 0 Å². The number of rotatable bonds is 8. The normalized spacial score (nSPS) is 14.7. The highest BCUT2D eigenvalue weighted by Crippen LogP contribution is 2.49. The Morgan fingerprint density at radius 3 is 1.88 bits per heavy atom. The summed E-state index contributed by atoms with van der Waals surface area (Å²) in [7, 11) is -2.04. The van der Waals surface area contributed by atoms with Crippen LogP contribution in [0, 0.1) is 11.2 Å². The van der Waals surface area contributed by atoms with E-state index in [1.54, 1.807) is 12.1 Å². The maximum Gasteiger partial charge on any atom is 0.201 e. The van der Waals surface area contributed by atoms with Gasteiger partial charge in [0.1, 0.15) is 5.82 Å². The zero-order valence-electron chi connectivity index (χ0n) is 17.1. The monoisotopic (exact) mass is 352 g/mol. The SMILES string of the molecule is CCC(C)(C)C(O[Si](C(C)C)(C(C)C)C(C)C)c1cccc(F)c1. The van der Waals surface area contributed by atoms with Crippen LogP contribution in [0.4, 0.5) is 4.39 Å². The molecule has 1 rings (SSSR count). The van der Waals surface area contributed by atoms with Crippen molar-refractivity contribution in [3.05, 3.63) is 35.6 Å². The molecule has 1 atom stereocenters. The van der Waals surface area contributed by atoms with Gasteiger partial charge in [-0.1, -0.05) is 74.4 Å². The summed E-state index contributed by atoms with van der Waals surface area (Å²) in [5.41, 5.74) is 2.48. The second-order valence-electron chi connectivity index (χ2n) is 8.71. The molecule has 24 heavy (non-hydrogen) atoms. The Kier molecular flexibility index (Phi) is 7.25. The van der Waals surface area contributed by atoms with E-state index in [4.69, 9.17) is 4.43 Å². The van der Waals surface area contributed by atoms with Crippen molar-refractivity contribution in [2.45, 2.75) is 91.5 Å². The minimum Gasteiger partial charge on any atom is -0.409 e. The highest BCUT2D eigenvalue weighted by Gasteiger charge is 2.48. The molecule has 0 heterocycles. The Morgan fingerprint density at radius 2 is 1.50 bits per heavy atom. The smallest absolute Gasteiger partial charge is 0.201 e. The van der Waals surface area contributed by atoms with Gasteiger partial charge in [0.2, 0.25) is 8.32 Å². The minimum atomic E-state index is -2.04. The van der Waals surface area contributed by atoms with Crippen LogP contribution in [0.15, 0.2) is 24.3 Å². The summed E-state index contributed by atoms with van der Waals surface area (Å²) in [4.78, 5) is 0. The van der Waals surface area contributed by atoms with Crippen molar-refractivity contribution in [2.24, 2.45) is 5.41 Å². The van der Waals surface area contributed by atoms with Crippen LogP contribution in [0.5, 0.6) is 0 Å². The first-order chi connectivity index (χ1) is 11.0. The second-order valence-corrected chi connectivity index (χ2v) is 14.1. The first-order valence-corrected chi connectivity index (χ1v) is 11.6. The van der Waals surface area contributed by atoms with Crippen molar-refractivity contribution in [3.8, 4) is 0 Å². The summed E-state index contributed by atoms with van der Waals surface area (Å²) in [5.74, 6) is -0.182. The summed E-state index contributed by atoms with van der Waals surface area (Å²) in [6.45, 7) is 20.5. The first kappa shape index (κ1) is 21.4. The lowest BCUT2D eigenvalue weighted by Crippen LogP contribution is -2.50. The highest BCUT2D eigenvalue weighted by molar-refractivity contribution is 6.77. The van der Waals surface area contributed by atoms with Crippen LogP contribution in [0.2, 0.25) is 16.6 Å². The van der Waals surface area contributed by atoms with Gasteiger partial charge in [-0.15, -0.1) is 0 Å². The molecule has 3 heteroatoms. The van der Waals surface area contributed by atoms with E-state index < -0.39 is 8.32 Å². The summed E-state index contributed by atoms with van der Waals surface area (Å²) in [5, 5.41) is 0. The average molecular weight is 353 g/mol. The van der Waals surface area contributed by atoms with Gasteiger partial charge in [0.15, 0.2) is 0 Å². The van der Waals surface area contributed by atoms with Gasteiger partial charge in [0, 0.05) is 0 Å². The predicted molar refractivity (Wildman–Crippen MR) is 105 cm³/mol. The van der Waals surface area contributed by atoms with E-state index >= 15 is 0 Å². The predicted octanol–water partition coefficient (Wildman–Crippen LogP) is 7.50. The van der Waals surface area contributed by atoms with Crippen LogP contribution < -0.4 is 0 Å². The molecule has 1 unspecified atom stereocenters. The topological polar surface area (TPSA) is 9.23 Å². The molecule has 0 bridgehead atoms. The zero-order valence-corrected chi connectivity index (χ0v) is 18.1. The van der Waals surface area contributed by atoms with Gasteiger partial charge < -0.3 is 4.43 Å². The van der Waals surface area contributed by atoms with Gasteiger partial charge >= 0.3 is 0 Å². The summed E-state index contributed by atoms with van der Waals surface area (Å²) in [6, 6.07) is 6.99. The van der Waals surface area contributed by atoms with Crippen LogP contribution in [0.3, 0.4) is 0 Å². The van der Waals surface area contributed by atoms with E-state index in [1.165, 1.54) is 6.07 Å². The average Bonchev–Trinajstić information content (AvgIpc) is 2.46. The molecule has 0 aromatic heterocycles. The van der Waals surface area contributed by atoms with Crippen LogP contribution in [-0.2, 0) is 4.43 Å². The largest absolute Gasteiger partial charge is 0.409 e. The fourth-order valence-corrected chi connectivity index (χ4v) is 9.83. The summed E-state index contributed by atoms with van der Waals surface area (Å²) >= 11 is 0. The molecule has 0 N–H and O–H groups in total. The molecule has 0 saturated carbocycles. The van der Waals surface area contributed by atoms with Crippen molar-refractivity contribution in [1.82, 2.24) is 0 Å². The summed E-state index contributed by atoms with van der Waals surface area (Å²) in [6.07, 6.45) is 0.921. The van der Waals surface area contributed by atoms with E-state index in [0.29, 0.717) is 16.6 Å². The second kappa shape index (κ2) is 8.14. The molecule has 1 nitrogen and oxygen atoms in total. The van der Waals surface area contributed by atoms with Crippen molar-refractivity contribution in [3.63, 3.8) is 0 Å². The fraction of sp³-hybridized carbons (Fsp3) is 0.714. The molecule has 1 aromatic rings. The third kappa shape index (κ3) is 4.29. The maximum atomic E-state index is 13.9.